The molecule has 0 radical (unpaired) electrons. The van der Waals surface area contributed by atoms with Gasteiger partial charge in [0.05, 0.1) is 12.3 Å². The quantitative estimate of drug-likeness (QED) is 0.469. The van der Waals surface area contributed by atoms with Crippen LogP contribution in [0, 0.1) is 10.8 Å². The van der Waals surface area contributed by atoms with Crippen LogP contribution in [0.5, 0.6) is 0 Å². The van der Waals surface area contributed by atoms with Crippen LogP contribution >= 0.6 is 11.3 Å². The molecule has 0 fully saturated rings. The van der Waals surface area contributed by atoms with Crippen molar-refractivity contribution < 1.29 is 0 Å². The van der Waals surface area contributed by atoms with Crippen molar-refractivity contribution in [1.82, 2.24) is 0 Å². The van der Waals surface area contributed by atoms with Crippen LogP contribution in [-0.2, 0) is 0 Å². The van der Waals surface area contributed by atoms with Gasteiger partial charge in [0.2, 0.25) is 0 Å². The molecule has 1 aliphatic heterocycles. The average Bonchev–Trinajstić information content (AvgIpc) is 2.75. The van der Waals surface area contributed by atoms with Crippen LogP contribution in [-0.4, -0.2) is 31.8 Å². The molecule has 2 N–H and O–H groups in total. The summed E-state index contributed by atoms with van der Waals surface area (Å²) in [5.41, 5.74) is 2.97. The van der Waals surface area contributed by atoms with Gasteiger partial charge in [-0.3, -0.25) is 20.7 Å². The Balaban J connectivity index is 2.21. The van der Waals surface area contributed by atoms with Crippen molar-refractivity contribution in [2.75, 3.05) is 11.4 Å². The van der Waals surface area contributed by atoms with E-state index in [4.69, 9.17) is 10.8 Å². The second-order valence-corrected chi connectivity index (χ2v) is 6.21. The molecule has 3 rings (SSSR count). The molecule has 0 atom stereocenters. The molecular formula is C15H15BN4S. The summed E-state index contributed by atoms with van der Waals surface area (Å²) < 4.78 is 1.16. The largest absolute Gasteiger partial charge is 0.288 e. The summed E-state index contributed by atoms with van der Waals surface area (Å²) in [5.74, 6) is 0.698. The number of aliphatic imine (C=N–C) groups is 1. The standard InChI is InChI=1S/C15H15BN4S/c1-9(17)20-13(18)8-19-14(10-5-3-2-4-6-10)11-7-12(16)21-15(11)20/h2-7,17-18H,8,16H2,1H3. The monoisotopic (exact) mass is 294 g/mol. The number of hydrogen-bond donors (Lipinski definition) is 2. The summed E-state index contributed by atoms with van der Waals surface area (Å²) >= 11 is 1.61. The van der Waals surface area contributed by atoms with E-state index in [2.05, 4.69) is 11.1 Å². The van der Waals surface area contributed by atoms with Crippen molar-refractivity contribution in [3.05, 3.63) is 47.5 Å². The highest BCUT2D eigenvalue weighted by molar-refractivity contribution is 7.24. The summed E-state index contributed by atoms with van der Waals surface area (Å²) in [6, 6.07) is 12.1. The van der Waals surface area contributed by atoms with Crippen LogP contribution in [0.4, 0.5) is 5.00 Å². The van der Waals surface area contributed by atoms with Crippen LogP contribution in [0.15, 0.2) is 41.4 Å². The lowest BCUT2D eigenvalue weighted by atomic mass is 10.0. The molecule has 1 aromatic carbocycles. The number of rotatable bonds is 1. The minimum Gasteiger partial charge on any atom is -0.288 e. The van der Waals surface area contributed by atoms with Gasteiger partial charge >= 0.3 is 0 Å². The zero-order chi connectivity index (χ0) is 15.0. The number of anilines is 1. The van der Waals surface area contributed by atoms with E-state index in [1.807, 2.05) is 38.2 Å². The van der Waals surface area contributed by atoms with Crippen LogP contribution in [0.1, 0.15) is 18.1 Å². The molecule has 104 valence electrons. The Hall–Kier alpha value is -2.21. The van der Waals surface area contributed by atoms with E-state index in [-0.39, 0.29) is 0 Å². The van der Waals surface area contributed by atoms with Crippen molar-refractivity contribution in [1.29, 1.82) is 10.8 Å². The van der Waals surface area contributed by atoms with Gasteiger partial charge in [-0.25, -0.2) is 0 Å². The third kappa shape index (κ3) is 2.42. The fraction of sp³-hybridized carbons (Fsp3) is 0.133. The molecule has 1 aliphatic rings. The van der Waals surface area contributed by atoms with Gasteiger partial charge in [-0.05, 0) is 17.8 Å². The van der Waals surface area contributed by atoms with Gasteiger partial charge < -0.3 is 0 Å². The molecule has 0 bridgehead atoms. The van der Waals surface area contributed by atoms with Gasteiger partial charge in [-0.1, -0.05) is 30.3 Å². The van der Waals surface area contributed by atoms with E-state index in [0.29, 0.717) is 18.2 Å². The number of amidine groups is 2. The predicted octanol–water partition coefficient (Wildman–Crippen LogP) is 1.64. The number of hydrogen-bond acceptors (Lipinski definition) is 4. The molecule has 2 aromatic rings. The lowest BCUT2D eigenvalue weighted by Gasteiger charge is -2.20. The Morgan fingerprint density at radius 3 is 2.71 bits per heavy atom. The maximum Gasteiger partial charge on any atom is 0.152 e. The van der Waals surface area contributed by atoms with E-state index in [1.165, 1.54) is 0 Å². The fourth-order valence-corrected chi connectivity index (χ4v) is 3.55. The molecule has 21 heavy (non-hydrogen) atoms. The molecule has 4 nitrogen and oxygen atoms in total. The van der Waals surface area contributed by atoms with Crippen LogP contribution in [0.3, 0.4) is 0 Å². The molecule has 1 aromatic heterocycles. The van der Waals surface area contributed by atoms with E-state index >= 15 is 0 Å². The van der Waals surface area contributed by atoms with Gasteiger partial charge in [0, 0.05) is 11.1 Å². The fourth-order valence-electron chi connectivity index (χ4n) is 2.47. The average molecular weight is 294 g/mol. The maximum atomic E-state index is 8.19. The van der Waals surface area contributed by atoms with Crippen molar-refractivity contribution in [2.45, 2.75) is 6.92 Å². The van der Waals surface area contributed by atoms with Gasteiger partial charge in [0.1, 0.15) is 16.7 Å². The Morgan fingerprint density at radius 2 is 2.05 bits per heavy atom. The van der Waals surface area contributed by atoms with Gasteiger partial charge in [-0.2, -0.15) is 0 Å². The summed E-state index contributed by atoms with van der Waals surface area (Å²) in [4.78, 5) is 6.31. The number of nitrogens with zero attached hydrogens (tertiary/aromatic N) is 2. The molecule has 0 aliphatic carbocycles. The highest BCUT2D eigenvalue weighted by Crippen LogP contribution is 2.31. The second kappa shape index (κ2) is 5.29. The molecule has 0 spiro atoms. The van der Waals surface area contributed by atoms with Crippen molar-refractivity contribution in [2.24, 2.45) is 4.99 Å². The van der Waals surface area contributed by atoms with E-state index < -0.39 is 0 Å². The predicted molar refractivity (Wildman–Crippen MR) is 93.1 cm³/mol. The Morgan fingerprint density at radius 1 is 1.33 bits per heavy atom. The van der Waals surface area contributed by atoms with Crippen molar-refractivity contribution >= 4 is 46.3 Å². The zero-order valence-corrected chi connectivity index (χ0v) is 12.8. The van der Waals surface area contributed by atoms with Crippen LogP contribution in [0.25, 0.3) is 0 Å². The molecule has 0 amide bonds. The summed E-state index contributed by atoms with van der Waals surface area (Å²) in [5, 5.41) is 17.1. The minimum absolute atomic E-state index is 0.293. The third-order valence-electron chi connectivity index (χ3n) is 3.33. The smallest absolute Gasteiger partial charge is 0.152 e. The zero-order valence-electron chi connectivity index (χ0n) is 12.0. The molecule has 2 heterocycles. The first-order valence-corrected chi connectivity index (χ1v) is 7.53. The van der Waals surface area contributed by atoms with E-state index in [9.17, 15) is 0 Å². The second-order valence-electron chi connectivity index (χ2n) is 4.97. The first-order valence-electron chi connectivity index (χ1n) is 6.71. The number of benzene rings is 1. The molecule has 0 unspecified atom stereocenters. The Kier molecular flexibility index (Phi) is 3.47. The first-order chi connectivity index (χ1) is 10.1. The van der Waals surface area contributed by atoms with Gasteiger partial charge in [0.25, 0.3) is 0 Å². The maximum absolute atomic E-state index is 8.19. The van der Waals surface area contributed by atoms with Gasteiger partial charge in [0.15, 0.2) is 7.85 Å². The van der Waals surface area contributed by atoms with Crippen molar-refractivity contribution in [3.8, 4) is 0 Å². The topological polar surface area (TPSA) is 63.3 Å². The minimum atomic E-state index is 0.293. The lowest BCUT2D eigenvalue weighted by molar-refractivity contribution is 1.20. The number of nitrogens with one attached hydrogen (secondary N) is 2. The Labute approximate surface area is 128 Å². The van der Waals surface area contributed by atoms with Crippen LogP contribution < -0.4 is 9.68 Å². The Bertz CT molecular complexity index is 748. The number of thiophene rings is 1. The highest BCUT2D eigenvalue weighted by atomic mass is 32.1. The number of fused-ring (bicyclic) bond motifs is 1. The summed E-state index contributed by atoms with van der Waals surface area (Å²) in [7, 11) is 2.04. The van der Waals surface area contributed by atoms with E-state index in [1.54, 1.807) is 23.2 Å². The first kappa shape index (κ1) is 13.8. The normalized spacial score (nSPS) is 14.4. The van der Waals surface area contributed by atoms with Crippen LogP contribution in [0.2, 0.25) is 0 Å². The third-order valence-corrected chi connectivity index (χ3v) is 4.37. The lowest BCUT2D eigenvalue weighted by Crippen LogP contribution is -2.35. The molecule has 6 heteroatoms. The molecule has 0 saturated heterocycles. The SMILES string of the molecule is Bc1cc2c(s1)N(C(C)=N)C(=N)CN=C2c1ccccc1. The molecule has 0 saturated carbocycles. The van der Waals surface area contributed by atoms with E-state index in [0.717, 1.165) is 26.6 Å². The van der Waals surface area contributed by atoms with Crippen molar-refractivity contribution in [3.63, 3.8) is 0 Å². The molecular weight excluding hydrogens is 279 g/mol. The van der Waals surface area contributed by atoms with Gasteiger partial charge in [-0.15, -0.1) is 11.3 Å². The summed E-state index contributed by atoms with van der Waals surface area (Å²) in [6.45, 7) is 2.00. The summed E-state index contributed by atoms with van der Waals surface area (Å²) in [6.07, 6.45) is 0. The highest BCUT2D eigenvalue weighted by Gasteiger charge is 2.26.